The van der Waals surface area contributed by atoms with Crippen molar-refractivity contribution in [1.82, 2.24) is 10.2 Å². The summed E-state index contributed by atoms with van der Waals surface area (Å²) >= 11 is 12.3. The van der Waals surface area contributed by atoms with Crippen LogP contribution >= 0.6 is 23.2 Å². The summed E-state index contributed by atoms with van der Waals surface area (Å²) in [6, 6.07) is 19.9. The maximum Gasteiger partial charge on any atom is 0.261 e. The van der Waals surface area contributed by atoms with E-state index < -0.39 is 6.04 Å². The third-order valence-corrected chi connectivity index (χ3v) is 6.26. The Balaban J connectivity index is 1.92. The van der Waals surface area contributed by atoms with E-state index in [9.17, 15) is 9.59 Å². The number of carbonyl (C=O) groups is 2. The topological polar surface area (TPSA) is 58.6 Å². The molecule has 184 valence electrons. The van der Waals surface area contributed by atoms with Crippen LogP contribution < -0.4 is 10.1 Å². The minimum Gasteiger partial charge on any atom is -0.484 e. The van der Waals surface area contributed by atoms with Crippen molar-refractivity contribution < 1.29 is 14.3 Å². The fourth-order valence-corrected chi connectivity index (χ4v) is 4.25. The van der Waals surface area contributed by atoms with Crippen LogP contribution in [0, 0.1) is 13.8 Å². The van der Waals surface area contributed by atoms with Gasteiger partial charge >= 0.3 is 0 Å². The number of hydrogen-bond donors (Lipinski definition) is 1. The van der Waals surface area contributed by atoms with Crippen molar-refractivity contribution in [2.24, 2.45) is 0 Å². The number of likely N-dealkylation sites (N-methyl/N-ethyl adjacent to an activating group) is 1. The zero-order chi connectivity index (χ0) is 25.4. The highest BCUT2D eigenvalue weighted by molar-refractivity contribution is 6.42. The first-order valence-electron chi connectivity index (χ1n) is 11.5. The molecule has 0 aliphatic rings. The molecule has 0 spiro atoms. The van der Waals surface area contributed by atoms with Gasteiger partial charge in [-0.15, -0.1) is 0 Å². The van der Waals surface area contributed by atoms with E-state index in [-0.39, 0.29) is 25.0 Å². The van der Waals surface area contributed by atoms with Crippen molar-refractivity contribution in [2.45, 2.75) is 39.8 Å². The Morgan fingerprint density at radius 1 is 0.914 bits per heavy atom. The number of halogens is 2. The molecule has 5 nitrogen and oxygen atoms in total. The molecule has 35 heavy (non-hydrogen) atoms. The van der Waals surface area contributed by atoms with E-state index in [4.69, 9.17) is 27.9 Å². The molecule has 1 N–H and O–H groups in total. The lowest BCUT2D eigenvalue weighted by Crippen LogP contribution is -2.51. The molecular weight excluding hydrogens is 483 g/mol. The van der Waals surface area contributed by atoms with Gasteiger partial charge in [-0.25, -0.2) is 0 Å². The molecule has 3 aromatic rings. The van der Waals surface area contributed by atoms with Gasteiger partial charge in [0.2, 0.25) is 5.91 Å². The normalized spacial score (nSPS) is 11.6. The molecule has 0 bridgehead atoms. The Morgan fingerprint density at radius 2 is 1.60 bits per heavy atom. The molecule has 3 rings (SSSR count). The number of hydrogen-bond acceptors (Lipinski definition) is 3. The molecule has 2 amide bonds. The van der Waals surface area contributed by atoms with E-state index in [2.05, 4.69) is 5.32 Å². The Morgan fingerprint density at radius 3 is 2.23 bits per heavy atom. The molecule has 7 heteroatoms. The van der Waals surface area contributed by atoms with Crippen molar-refractivity contribution in [3.8, 4) is 5.75 Å². The Kier molecular flexibility index (Phi) is 9.58. The number of amides is 2. The molecule has 1 atom stereocenters. The van der Waals surface area contributed by atoms with Crippen LogP contribution in [0.5, 0.6) is 5.75 Å². The number of ether oxygens (including phenoxy) is 1. The van der Waals surface area contributed by atoms with E-state index in [1.807, 2.05) is 69.3 Å². The van der Waals surface area contributed by atoms with Gasteiger partial charge in [0.1, 0.15) is 11.8 Å². The van der Waals surface area contributed by atoms with Crippen LogP contribution in [-0.4, -0.2) is 35.9 Å². The lowest BCUT2D eigenvalue weighted by atomic mass is 10.0. The molecule has 0 aliphatic carbocycles. The van der Waals surface area contributed by atoms with E-state index in [0.717, 1.165) is 22.3 Å². The third-order valence-electron chi connectivity index (χ3n) is 5.52. The SMILES string of the molecule is CCNC(=O)[C@@H](Cc1ccccc1)N(Cc1ccc(Cl)c(Cl)c1)C(=O)COc1cc(C)cc(C)c1. The van der Waals surface area contributed by atoms with Gasteiger partial charge in [0.05, 0.1) is 10.0 Å². The number of nitrogens with zero attached hydrogens (tertiary/aromatic N) is 1. The number of aryl methyl sites for hydroxylation is 2. The second-order valence-electron chi connectivity index (χ2n) is 8.48. The van der Waals surface area contributed by atoms with Crippen LogP contribution in [0.2, 0.25) is 10.0 Å². The van der Waals surface area contributed by atoms with Gasteiger partial charge in [0, 0.05) is 19.5 Å². The summed E-state index contributed by atoms with van der Waals surface area (Å²) in [6.07, 6.45) is 0.364. The standard InChI is InChI=1S/C28H30Cl2N2O3/c1-4-31-28(34)26(16-21-8-6-5-7-9-21)32(17-22-10-11-24(29)25(30)15-22)27(33)18-35-23-13-19(2)12-20(3)14-23/h5-15,26H,4,16-18H2,1-3H3,(H,31,34)/t26-/m1/s1. The highest BCUT2D eigenvalue weighted by Gasteiger charge is 2.30. The van der Waals surface area contributed by atoms with Gasteiger partial charge in [-0.05, 0) is 67.3 Å². The monoisotopic (exact) mass is 512 g/mol. The van der Waals surface area contributed by atoms with E-state index >= 15 is 0 Å². The Hall–Kier alpha value is -3.02. The highest BCUT2D eigenvalue weighted by atomic mass is 35.5. The van der Waals surface area contributed by atoms with Gasteiger partial charge < -0.3 is 15.0 Å². The average Bonchev–Trinajstić information content (AvgIpc) is 2.82. The first-order valence-corrected chi connectivity index (χ1v) is 12.3. The smallest absolute Gasteiger partial charge is 0.261 e. The summed E-state index contributed by atoms with van der Waals surface area (Å²) in [5, 5.41) is 3.69. The summed E-state index contributed by atoms with van der Waals surface area (Å²) in [5.41, 5.74) is 3.81. The van der Waals surface area contributed by atoms with Crippen molar-refractivity contribution in [3.05, 3.63) is 99.0 Å². The zero-order valence-corrected chi connectivity index (χ0v) is 21.7. The van der Waals surface area contributed by atoms with Crippen molar-refractivity contribution >= 4 is 35.0 Å². The predicted molar refractivity (Wildman–Crippen MR) is 141 cm³/mol. The van der Waals surface area contributed by atoms with Gasteiger partial charge in [0.15, 0.2) is 6.61 Å². The minimum absolute atomic E-state index is 0.181. The molecule has 0 fully saturated rings. The molecule has 0 radical (unpaired) electrons. The van der Waals surface area contributed by atoms with E-state index in [0.29, 0.717) is 28.8 Å². The molecule has 0 heterocycles. The minimum atomic E-state index is -0.734. The molecule has 0 saturated carbocycles. The molecule has 0 aromatic heterocycles. The third kappa shape index (κ3) is 7.74. The second kappa shape index (κ2) is 12.6. The first-order chi connectivity index (χ1) is 16.8. The largest absolute Gasteiger partial charge is 0.484 e. The van der Waals surface area contributed by atoms with Crippen molar-refractivity contribution in [1.29, 1.82) is 0 Å². The molecular formula is C28H30Cl2N2O3. The summed E-state index contributed by atoms with van der Waals surface area (Å²) in [5.74, 6) is 0.0848. The Bertz CT molecular complexity index is 1150. The van der Waals surface area contributed by atoms with Gasteiger partial charge in [-0.2, -0.15) is 0 Å². The maximum absolute atomic E-state index is 13.5. The summed E-state index contributed by atoms with van der Waals surface area (Å²) < 4.78 is 5.86. The van der Waals surface area contributed by atoms with Gasteiger partial charge in [-0.1, -0.05) is 65.7 Å². The van der Waals surface area contributed by atoms with Crippen LogP contribution in [0.4, 0.5) is 0 Å². The van der Waals surface area contributed by atoms with Crippen LogP contribution in [0.15, 0.2) is 66.7 Å². The molecule has 0 unspecified atom stereocenters. The average molecular weight is 513 g/mol. The fourth-order valence-electron chi connectivity index (χ4n) is 3.92. The number of carbonyl (C=O) groups excluding carboxylic acids is 2. The fraction of sp³-hybridized carbons (Fsp3) is 0.286. The zero-order valence-electron chi connectivity index (χ0n) is 20.2. The molecule has 0 aliphatic heterocycles. The number of benzene rings is 3. The van der Waals surface area contributed by atoms with Gasteiger partial charge in [-0.3, -0.25) is 9.59 Å². The second-order valence-corrected chi connectivity index (χ2v) is 9.30. The highest BCUT2D eigenvalue weighted by Crippen LogP contribution is 2.24. The molecule has 0 saturated heterocycles. The number of nitrogens with one attached hydrogen (secondary N) is 1. The van der Waals surface area contributed by atoms with Crippen LogP contribution in [0.1, 0.15) is 29.2 Å². The number of rotatable bonds is 10. The summed E-state index contributed by atoms with van der Waals surface area (Å²) in [4.78, 5) is 28.3. The quantitative estimate of drug-likeness (QED) is 0.375. The maximum atomic E-state index is 13.5. The van der Waals surface area contributed by atoms with Crippen LogP contribution in [-0.2, 0) is 22.6 Å². The predicted octanol–water partition coefficient (Wildman–Crippen LogP) is 5.77. The summed E-state index contributed by atoms with van der Waals surface area (Å²) in [7, 11) is 0. The molecule has 3 aromatic carbocycles. The lowest BCUT2D eigenvalue weighted by Gasteiger charge is -2.31. The first kappa shape index (κ1) is 26.6. The van der Waals surface area contributed by atoms with Crippen molar-refractivity contribution in [3.63, 3.8) is 0 Å². The lowest BCUT2D eigenvalue weighted by molar-refractivity contribution is -0.142. The summed E-state index contributed by atoms with van der Waals surface area (Å²) in [6.45, 7) is 6.24. The van der Waals surface area contributed by atoms with E-state index in [1.54, 1.807) is 23.1 Å². The van der Waals surface area contributed by atoms with E-state index in [1.165, 1.54) is 0 Å². The van der Waals surface area contributed by atoms with Crippen molar-refractivity contribution in [2.75, 3.05) is 13.2 Å². The van der Waals surface area contributed by atoms with Gasteiger partial charge in [0.25, 0.3) is 5.91 Å². The van der Waals surface area contributed by atoms with Crippen LogP contribution in [0.25, 0.3) is 0 Å². The Labute approximate surface area is 217 Å². The van der Waals surface area contributed by atoms with Crippen LogP contribution in [0.3, 0.4) is 0 Å².